The minimum absolute atomic E-state index is 0.0597. The summed E-state index contributed by atoms with van der Waals surface area (Å²) in [6, 6.07) is 13.5. The van der Waals surface area contributed by atoms with Crippen LogP contribution in [0.1, 0.15) is 61.0 Å². The molecule has 2 N–H and O–H groups in total. The maximum absolute atomic E-state index is 12.9. The van der Waals surface area contributed by atoms with E-state index >= 15 is 0 Å². The summed E-state index contributed by atoms with van der Waals surface area (Å²) >= 11 is 2.27. The topological polar surface area (TPSA) is 75.1 Å². The number of aryl methyl sites for hydroxylation is 3. The number of anilines is 1. The number of hydrogen-bond acceptors (Lipinski definition) is 4. The molecule has 1 aromatic heterocycles. The lowest BCUT2D eigenvalue weighted by Gasteiger charge is -2.23. The molecule has 5 rings (SSSR count). The second-order valence-electron chi connectivity index (χ2n) is 9.55. The molecule has 34 heavy (non-hydrogen) atoms. The summed E-state index contributed by atoms with van der Waals surface area (Å²) in [4.78, 5) is 22.9. The Morgan fingerprint density at radius 2 is 1.82 bits per heavy atom. The van der Waals surface area contributed by atoms with Gasteiger partial charge in [0.05, 0.1) is 23.5 Å². The van der Waals surface area contributed by atoms with E-state index in [2.05, 4.69) is 27.9 Å². The van der Waals surface area contributed by atoms with Crippen LogP contribution in [0.3, 0.4) is 0 Å². The lowest BCUT2D eigenvalue weighted by Crippen LogP contribution is -2.20. The van der Waals surface area contributed by atoms with Crippen molar-refractivity contribution in [3.63, 3.8) is 0 Å². The third-order valence-electron chi connectivity index (χ3n) is 7.07. The molecule has 1 saturated carbocycles. The zero-order valence-electron chi connectivity index (χ0n) is 19.3. The Balaban J connectivity index is 1.42. The molecule has 0 radical (unpaired) electrons. The Bertz CT molecular complexity index is 1190. The lowest BCUT2D eigenvalue weighted by molar-refractivity contribution is -0.115. The second-order valence-corrected chi connectivity index (χ2v) is 10.8. The molecular weight excluding hydrogens is 537 g/mol. The van der Waals surface area contributed by atoms with Crippen LogP contribution in [0, 0.1) is 9.49 Å². The van der Waals surface area contributed by atoms with Crippen LogP contribution in [0.4, 0.5) is 5.82 Å². The van der Waals surface area contributed by atoms with Crippen LogP contribution in [-0.2, 0) is 30.5 Å². The summed E-state index contributed by atoms with van der Waals surface area (Å²) in [5.74, 6) is 1.57. The molecule has 0 spiro atoms. The van der Waals surface area contributed by atoms with Gasteiger partial charge < -0.3 is 10.4 Å². The number of carbonyl (C=O) groups excluding carboxylic acids is 1. The van der Waals surface area contributed by atoms with Crippen LogP contribution in [-0.4, -0.2) is 21.0 Å². The van der Waals surface area contributed by atoms with Crippen LogP contribution in [0.25, 0.3) is 11.3 Å². The van der Waals surface area contributed by atoms with E-state index in [1.165, 1.54) is 32.1 Å². The van der Waals surface area contributed by atoms with E-state index in [4.69, 9.17) is 9.97 Å². The van der Waals surface area contributed by atoms with Crippen molar-refractivity contribution in [3.05, 3.63) is 68.5 Å². The molecular formula is C28H30IN3O2. The predicted molar refractivity (Wildman–Crippen MR) is 143 cm³/mol. The van der Waals surface area contributed by atoms with E-state index in [0.29, 0.717) is 12.2 Å². The normalized spacial score (nSPS) is 15.4. The zero-order valence-corrected chi connectivity index (χ0v) is 21.5. The quantitative estimate of drug-likeness (QED) is 0.346. The van der Waals surface area contributed by atoms with E-state index in [0.717, 1.165) is 68.9 Å². The third-order valence-corrected chi connectivity index (χ3v) is 7.78. The molecule has 3 aromatic rings. The van der Waals surface area contributed by atoms with Gasteiger partial charge in [0.2, 0.25) is 5.91 Å². The number of benzene rings is 2. The molecule has 176 valence electrons. The fourth-order valence-corrected chi connectivity index (χ4v) is 5.58. The molecule has 1 heterocycles. The number of fused-ring (bicyclic) bond motifs is 3. The number of aromatic nitrogens is 2. The Morgan fingerprint density at radius 3 is 2.62 bits per heavy atom. The summed E-state index contributed by atoms with van der Waals surface area (Å²) in [5, 5.41) is 13.0. The van der Waals surface area contributed by atoms with Crippen molar-refractivity contribution in [3.8, 4) is 17.0 Å². The van der Waals surface area contributed by atoms with Crippen LogP contribution >= 0.6 is 22.6 Å². The van der Waals surface area contributed by atoms with Gasteiger partial charge in [0.25, 0.3) is 0 Å². The number of hydrogen-bond donors (Lipinski definition) is 2. The largest absolute Gasteiger partial charge is 0.508 e. The Labute approximate surface area is 214 Å². The van der Waals surface area contributed by atoms with Crippen molar-refractivity contribution in [2.24, 2.45) is 5.92 Å². The fourth-order valence-electron chi connectivity index (χ4n) is 5.22. The van der Waals surface area contributed by atoms with Crippen molar-refractivity contribution >= 4 is 34.3 Å². The number of aromatic hydroxyl groups is 1. The molecule has 0 atom stereocenters. The zero-order chi connectivity index (χ0) is 23.5. The molecule has 1 amide bonds. The Kier molecular flexibility index (Phi) is 7.13. The minimum atomic E-state index is -0.0597. The van der Waals surface area contributed by atoms with E-state index in [1.807, 2.05) is 36.4 Å². The highest BCUT2D eigenvalue weighted by atomic mass is 127. The molecule has 6 heteroatoms. The first-order valence-electron chi connectivity index (χ1n) is 12.3. The highest BCUT2D eigenvalue weighted by Gasteiger charge is 2.23. The number of carbonyl (C=O) groups is 1. The van der Waals surface area contributed by atoms with Crippen molar-refractivity contribution in [2.45, 2.75) is 64.2 Å². The standard InChI is InChI=1S/C28H30IN3O2/c29-21-10-6-19(7-11-21)16-26(34)32-28-25(14-8-18-4-2-1-3-5-18)30-27-23-13-12-22(33)17-20(23)9-15-24(27)31-28/h6-7,10-13,17-18,33H,1-5,8-9,14-16H2,(H,31,32,34). The van der Waals surface area contributed by atoms with Gasteiger partial charge in [-0.05, 0) is 95.7 Å². The molecule has 2 aliphatic carbocycles. The average Bonchev–Trinajstić information content (AvgIpc) is 2.84. The smallest absolute Gasteiger partial charge is 0.229 e. The van der Waals surface area contributed by atoms with Gasteiger partial charge in [-0.25, -0.2) is 9.97 Å². The number of halogens is 1. The van der Waals surface area contributed by atoms with Gasteiger partial charge in [-0.15, -0.1) is 0 Å². The first-order chi connectivity index (χ1) is 16.5. The van der Waals surface area contributed by atoms with Gasteiger partial charge in [0.1, 0.15) is 5.75 Å². The summed E-state index contributed by atoms with van der Waals surface area (Å²) < 4.78 is 1.15. The van der Waals surface area contributed by atoms with Gasteiger partial charge in [-0.1, -0.05) is 44.2 Å². The summed E-state index contributed by atoms with van der Waals surface area (Å²) in [7, 11) is 0. The third kappa shape index (κ3) is 5.43. The number of phenolic OH excluding ortho intramolecular Hbond substituents is 1. The van der Waals surface area contributed by atoms with E-state index in [9.17, 15) is 9.90 Å². The second kappa shape index (κ2) is 10.4. The average molecular weight is 567 g/mol. The highest BCUT2D eigenvalue weighted by Crippen LogP contribution is 2.35. The maximum Gasteiger partial charge on any atom is 0.229 e. The molecule has 2 aromatic carbocycles. The van der Waals surface area contributed by atoms with Crippen molar-refractivity contribution < 1.29 is 9.90 Å². The van der Waals surface area contributed by atoms with Gasteiger partial charge in [-0.3, -0.25) is 4.79 Å². The molecule has 0 saturated heterocycles. The number of phenols is 1. The highest BCUT2D eigenvalue weighted by molar-refractivity contribution is 14.1. The molecule has 5 nitrogen and oxygen atoms in total. The summed E-state index contributed by atoms with van der Waals surface area (Å²) in [6.07, 6.45) is 10.3. The Hall–Kier alpha value is -2.48. The minimum Gasteiger partial charge on any atom is -0.508 e. The molecule has 0 unspecified atom stereocenters. The monoisotopic (exact) mass is 567 g/mol. The van der Waals surface area contributed by atoms with Gasteiger partial charge >= 0.3 is 0 Å². The lowest BCUT2D eigenvalue weighted by atomic mass is 9.85. The number of nitrogens with zero attached hydrogens (tertiary/aromatic N) is 2. The first kappa shape index (κ1) is 23.3. The number of rotatable bonds is 6. The van der Waals surface area contributed by atoms with Gasteiger partial charge in [-0.2, -0.15) is 0 Å². The summed E-state index contributed by atoms with van der Waals surface area (Å²) in [5.41, 5.74) is 5.83. The molecule has 0 aliphatic heterocycles. The summed E-state index contributed by atoms with van der Waals surface area (Å²) in [6.45, 7) is 0. The SMILES string of the molecule is O=C(Cc1ccc(I)cc1)Nc1nc2c(nc1CCC1CCCCC1)-c1ccc(O)cc1CC2. The number of nitrogens with one attached hydrogen (secondary N) is 1. The maximum atomic E-state index is 12.9. The van der Waals surface area contributed by atoms with Crippen molar-refractivity contribution in [1.29, 1.82) is 0 Å². The van der Waals surface area contributed by atoms with E-state index in [1.54, 1.807) is 6.07 Å². The Morgan fingerprint density at radius 1 is 1.03 bits per heavy atom. The first-order valence-corrected chi connectivity index (χ1v) is 13.4. The van der Waals surface area contributed by atoms with Crippen molar-refractivity contribution in [2.75, 3.05) is 5.32 Å². The van der Waals surface area contributed by atoms with Crippen LogP contribution in [0.5, 0.6) is 5.75 Å². The fraction of sp³-hybridized carbons (Fsp3) is 0.393. The number of amides is 1. The van der Waals surface area contributed by atoms with Crippen LogP contribution in [0.15, 0.2) is 42.5 Å². The molecule has 0 bridgehead atoms. The van der Waals surface area contributed by atoms with Crippen LogP contribution < -0.4 is 5.32 Å². The van der Waals surface area contributed by atoms with E-state index in [-0.39, 0.29) is 11.7 Å². The van der Waals surface area contributed by atoms with E-state index < -0.39 is 0 Å². The molecule has 1 fully saturated rings. The van der Waals surface area contributed by atoms with Gasteiger partial charge in [0, 0.05) is 9.13 Å². The van der Waals surface area contributed by atoms with Gasteiger partial charge in [0.15, 0.2) is 5.82 Å². The predicted octanol–water partition coefficient (Wildman–Crippen LogP) is 6.25. The van der Waals surface area contributed by atoms with Crippen molar-refractivity contribution in [1.82, 2.24) is 9.97 Å². The van der Waals surface area contributed by atoms with Crippen LogP contribution in [0.2, 0.25) is 0 Å². The molecule has 2 aliphatic rings.